The zero-order chi connectivity index (χ0) is 25.1. The molecule has 4 aromatic rings. The van der Waals surface area contributed by atoms with Crippen LogP contribution in [0.2, 0.25) is 5.02 Å². The van der Waals surface area contributed by atoms with Crippen molar-refractivity contribution >= 4 is 57.0 Å². The van der Waals surface area contributed by atoms with Crippen molar-refractivity contribution in [2.24, 2.45) is 4.99 Å². The molecule has 4 aromatic carbocycles. The maximum atomic E-state index is 13.1. The zero-order valence-corrected chi connectivity index (χ0v) is 20.7. The Morgan fingerprint density at radius 1 is 1.06 bits per heavy atom. The van der Waals surface area contributed by atoms with Gasteiger partial charge in [-0.25, -0.2) is 9.38 Å². The highest BCUT2D eigenvalue weighted by molar-refractivity contribution is 8.18. The molecule has 1 saturated heterocycles. The zero-order valence-electron chi connectivity index (χ0n) is 19.1. The summed E-state index contributed by atoms with van der Waals surface area (Å²) in [4.78, 5) is 17.3. The molecule has 1 N–H and O–H groups in total. The number of carbonyl (C=O) groups is 1. The van der Waals surface area contributed by atoms with Gasteiger partial charge in [-0.15, -0.1) is 0 Å². The van der Waals surface area contributed by atoms with Gasteiger partial charge in [-0.2, -0.15) is 0 Å². The van der Waals surface area contributed by atoms with E-state index in [4.69, 9.17) is 21.1 Å². The predicted octanol–water partition coefficient (Wildman–Crippen LogP) is 7.11. The summed E-state index contributed by atoms with van der Waals surface area (Å²) in [5.41, 5.74) is 2.25. The number of thioether (sulfide) groups is 1. The fourth-order valence-electron chi connectivity index (χ4n) is 3.80. The lowest BCUT2D eigenvalue weighted by Gasteiger charge is -2.14. The number of nitrogens with zero attached hydrogens (tertiary/aromatic N) is 1. The average Bonchev–Trinajstić information content (AvgIpc) is 3.22. The molecular formula is C28H20ClFN2O3S. The summed E-state index contributed by atoms with van der Waals surface area (Å²) in [5.74, 6) is 0.250. The second kappa shape index (κ2) is 10.4. The summed E-state index contributed by atoms with van der Waals surface area (Å²) < 4.78 is 24.8. The van der Waals surface area contributed by atoms with E-state index in [1.807, 2.05) is 24.3 Å². The first-order chi connectivity index (χ1) is 17.5. The maximum absolute atomic E-state index is 13.1. The third-order valence-electron chi connectivity index (χ3n) is 5.51. The summed E-state index contributed by atoms with van der Waals surface area (Å²) in [6, 6.07) is 23.4. The lowest BCUT2D eigenvalue weighted by atomic mass is 10.1. The number of hydrogen-bond donors (Lipinski definition) is 1. The summed E-state index contributed by atoms with van der Waals surface area (Å²) in [6.45, 7) is 0.319. The summed E-state index contributed by atoms with van der Waals surface area (Å²) in [7, 11) is 1.54. The number of ether oxygens (including phenoxy) is 2. The van der Waals surface area contributed by atoms with Crippen molar-refractivity contribution < 1.29 is 18.7 Å². The SMILES string of the molecule is COc1cc(/C=C2/SC(=Nc3ccc(F)cc3)NC2=O)cc(Cl)c1OCc1cccc2ccccc12. The minimum Gasteiger partial charge on any atom is -0.493 e. The van der Waals surface area contributed by atoms with E-state index in [2.05, 4.69) is 28.5 Å². The number of benzene rings is 4. The van der Waals surface area contributed by atoms with E-state index >= 15 is 0 Å². The highest BCUT2D eigenvalue weighted by Gasteiger charge is 2.24. The number of amides is 1. The Hall–Kier alpha value is -3.81. The van der Waals surface area contributed by atoms with Crippen LogP contribution in [0.4, 0.5) is 10.1 Å². The molecular weight excluding hydrogens is 499 g/mol. The molecule has 1 aliphatic heterocycles. The van der Waals surface area contributed by atoms with Gasteiger partial charge in [-0.3, -0.25) is 4.79 Å². The first-order valence-electron chi connectivity index (χ1n) is 11.0. The van der Waals surface area contributed by atoms with Gasteiger partial charge in [0.15, 0.2) is 16.7 Å². The Balaban J connectivity index is 1.36. The van der Waals surface area contributed by atoms with Crippen molar-refractivity contribution in [2.75, 3.05) is 7.11 Å². The quantitative estimate of drug-likeness (QED) is 0.276. The molecule has 1 aliphatic rings. The number of methoxy groups -OCH3 is 1. The Labute approximate surface area is 216 Å². The normalized spacial score (nSPS) is 15.5. The minimum atomic E-state index is -0.349. The van der Waals surface area contributed by atoms with Crippen LogP contribution >= 0.6 is 23.4 Å². The molecule has 5 nitrogen and oxygen atoms in total. The molecule has 0 atom stereocenters. The van der Waals surface area contributed by atoms with Crippen LogP contribution in [-0.2, 0) is 11.4 Å². The van der Waals surface area contributed by atoms with Gasteiger partial charge in [0, 0.05) is 0 Å². The molecule has 1 heterocycles. The van der Waals surface area contributed by atoms with Crippen molar-refractivity contribution in [2.45, 2.75) is 6.61 Å². The second-order valence-corrected chi connectivity index (χ2v) is 9.36. The van der Waals surface area contributed by atoms with Crippen LogP contribution in [0.15, 0.2) is 88.8 Å². The molecule has 0 saturated carbocycles. The average molecular weight is 519 g/mol. The molecule has 0 radical (unpaired) electrons. The van der Waals surface area contributed by atoms with Crippen LogP contribution in [0.5, 0.6) is 11.5 Å². The Kier molecular flexibility index (Phi) is 6.93. The third-order valence-corrected chi connectivity index (χ3v) is 6.70. The molecule has 0 unspecified atom stereocenters. The Bertz CT molecular complexity index is 1510. The van der Waals surface area contributed by atoms with Crippen molar-refractivity contribution in [3.63, 3.8) is 0 Å². The van der Waals surface area contributed by atoms with E-state index in [9.17, 15) is 9.18 Å². The van der Waals surface area contributed by atoms with E-state index in [0.717, 1.165) is 16.3 Å². The van der Waals surface area contributed by atoms with E-state index in [1.54, 1.807) is 30.3 Å². The lowest BCUT2D eigenvalue weighted by Crippen LogP contribution is -2.19. The fourth-order valence-corrected chi connectivity index (χ4v) is 4.91. The van der Waals surface area contributed by atoms with Crippen molar-refractivity contribution in [1.82, 2.24) is 5.32 Å². The van der Waals surface area contributed by atoms with E-state index < -0.39 is 0 Å². The molecule has 5 rings (SSSR count). The van der Waals surface area contributed by atoms with Gasteiger partial charge in [0.05, 0.1) is 22.7 Å². The van der Waals surface area contributed by atoms with Gasteiger partial charge in [0.1, 0.15) is 12.4 Å². The Morgan fingerprint density at radius 2 is 1.83 bits per heavy atom. The van der Waals surface area contributed by atoms with Gasteiger partial charge < -0.3 is 14.8 Å². The smallest absolute Gasteiger partial charge is 0.264 e. The van der Waals surface area contributed by atoms with Crippen LogP contribution in [-0.4, -0.2) is 18.2 Å². The molecule has 0 bridgehead atoms. The summed E-state index contributed by atoms with van der Waals surface area (Å²) in [6.07, 6.45) is 1.70. The van der Waals surface area contributed by atoms with E-state index in [0.29, 0.717) is 44.5 Å². The highest BCUT2D eigenvalue weighted by Crippen LogP contribution is 2.39. The standard InChI is InChI=1S/C28H20ClFN2O3S/c1-34-24-14-17(15-25-27(33)32-28(36-25)31-21-11-9-20(30)10-12-21)13-23(29)26(24)35-16-19-7-4-6-18-5-2-3-8-22(18)19/h2-15H,16H2,1H3,(H,31,32,33)/b25-15+. The second-order valence-electron chi connectivity index (χ2n) is 7.92. The molecule has 8 heteroatoms. The number of rotatable bonds is 6. The van der Waals surface area contributed by atoms with E-state index in [-0.39, 0.29) is 11.7 Å². The topological polar surface area (TPSA) is 59.9 Å². The van der Waals surface area contributed by atoms with Gasteiger partial charge >= 0.3 is 0 Å². The van der Waals surface area contributed by atoms with Crippen LogP contribution in [0.3, 0.4) is 0 Å². The summed E-state index contributed by atoms with van der Waals surface area (Å²) in [5, 5.41) is 5.73. The van der Waals surface area contributed by atoms with Gasteiger partial charge in [0.25, 0.3) is 5.91 Å². The molecule has 0 aromatic heterocycles. The molecule has 0 spiro atoms. The lowest BCUT2D eigenvalue weighted by molar-refractivity contribution is -0.115. The number of hydrogen-bond acceptors (Lipinski definition) is 5. The van der Waals surface area contributed by atoms with Crippen LogP contribution in [0.25, 0.3) is 16.8 Å². The first kappa shape index (κ1) is 23.9. The first-order valence-corrected chi connectivity index (χ1v) is 12.2. The van der Waals surface area contributed by atoms with Gasteiger partial charge in [0.2, 0.25) is 0 Å². The molecule has 1 fully saturated rings. The maximum Gasteiger partial charge on any atom is 0.264 e. The number of fused-ring (bicyclic) bond motifs is 1. The van der Waals surface area contributed by atoms with Crippen LogP contribution < -0.4 is 14.8 Å². The molecule has 0 aliphatic carbocycles. The number of nitrogens with one attached hydrogen (secondary N) is 1. The fraction of sp³-hybridized carbons (Fsp3) is 0.0714. The van der Waals surface area contributed by atoms with Gasteiger partial charge in [-0.1, -0.05) is 54.1 Å². The molecule has 36 heavy (non-hydrogen) atoms. The highest BCUT2D eigenvalue weighted by atomic mass is 35.5. The van der Waals surface area contributed by atoms with Crippen LogP contribution in [0.1, 0.15) is 11.1 Å². The van der Waals surface area contributed by atoms with E-state index in [1.165, 1.54) is 31.0 Å². The van der Waals surface area contributed by atoms with Crippen LogP contribution in [0, 0.1) is 5.82 Å². The number of halogens is 2. The molecule has 1 amide bonds. The monoisotopic (exact) mass is 518 g/mol. The van der Waals surface area contributed by atoms with Crippen molar-refractivity contribution in [3.8, 4) is 11.5 Å². The number of aliphatic imine (C=N–C) groups is 1. The number of amidine groups is 1. The van der Waals surface area contributed by atoms with Crippen molar-refractivity contribution in [1.29, 1.82) is 0 Å². The summed E-state index contributed by atoms with van der Waals surface area (Å²) >= 11 is 7.76. The number of carbonyl (C=O) groups excluding carboxylic acids is 1. The largest absolute Gasteiger partial charge is 0.493 e. The minimum absolute atomic E-state index is 0.285. The Morgan fingerprint density at radius 3 is 2.64 bits per heavy atom. The third kappa shape index (κ3) is 5.22. The van der Waals surface area contributed by atoms with Gasteiger partial charge in [-0.05, 0) is 76.1 Å². The predicted molar refractivity (Wildman–Crippen MR) is 143 cm³/mol. The molecule has 180 valence electrons. The van der Waals surface area contributed by atoms with Crippen molar-refractivity contribution in [3.05, 3.63) is 106 Å².